The van der Waals surface area contributed by atoms with Crippen molar-refractivity contribution >= 4 is 13.5 Å². The van der Waals surface area contributed by atoms with E-state index in [1.165, 1.54) is 22.0 Å². The van der Waals surface area contributed by atoms with Gasteiger partial charge < -0.3 is 0 Å². The molecule has 0 N–H and O–H groups in total. The molecule has 0 radical (unpaired) electrons. The van der Waals surface area contributed by atoms with Crippen molar-refractivity contribution in [2.45, 2.75) is 73.6 Å². The summed E-state index contributed by atoms with van der Waals surface area (Å²) in [6.07, 6.45) is 29.2. The predicted molar refractivity (Wildman–Crippen MR) is 160 cm³/mol. The van der Waals surface area contributed by atoms with E-state index in [2.05, 4.69) is 104 Å². The Morgan fingerprint density at radius 2 is 1.79 bits per heavy atom. The molecule has 1 atom stereocenters. The van der Waals surface area contributed by atoms with Gasteiger partial charge in [0.05, 0.1) is 0 Å². The molecule has 0 aromatic rings. The zero-order chi connectivity index (χ0) is 26.0. The molecule has 34 heavy (non-hydrogen) atoms. The third-order valence-corrected chi connectivity index (χ3v) is 6.27. The van der Waals surface area contributed by atoms with Gasteiger partial charge >= 0.3 is 0 Å². The summed E-state index contributed by atoms with van der Waals surface area (Å²) >= 11 is 0. The van der Waals surface area contributed by atoms with Gasteiger partial charge in [-0.05, 0) is 72.1 Å². The monoisotopic (exact) mass is 474 g/mol. The molecule has 0 amide bonds. The molecule has 0 saturated carbocycles. The average molecular weight is 475 g/mol. The summed E-state index contributed by atoms with van der Waals surface area (Å²) in [5.41, 5.74) is 3.88. The maximum Gasteiger partial charge on any atom is 0.0270 e. The van der Waals surface area contributed by atoms with Crippen LogP contribution in [0.1, 0.15) is 73.6 Å². The number of rotatable bonds is 16. The van der Waals surface area contributed by atoms with Crippen LogP contribution < -0.4 is 0 Å². The molecule has 0 spiro atoms. The first kappa shape index (κ1) is 31.6. The molecule has 1 heteroatoms. The molecule has 184 valence electrons. The summed E-state index contributed by atoms with van der Waals surface area (Å²) < 4.78 is 0. The third-order valence-electron chi connectivity index (χ3n) is 5.30. The molecular formula is C33H47P. The summed E-state index contributed by atoms with van der Waals surface area (Å²) in [5.74, 6) is 5.76. The fourth-order valence-electron chi connectivity index (χ4n) is 3.82. The van der Waals surface area contributed by atoms with Gasteiger partial charge in [-0.3, -0.25) is 0 Å². The van der Waals surface area contributed by atoms with E-state index in [0.29, 0.717) is 18.3 Å². The number of hydrogen-bond acceptors (Lipinski definition) is 0. The van der Waals surface area contributed by atoms with Crippen LogP contribution in [0.25, 0.3) is 0 Å². The minimum absolute atomic E-state index is 0.192. The van der Waals surface area contributed by atoms with Gasteiger partial charge in [0.2, 0.25) is 0 Å². The van der Waals surface area contributed by atoms with E-state index in [-0.39, 0.29) is 5.41 Å². The van der Waals surface area contributed by atoms with E-state index in [4.69, 9.17) is 6.42 Å². The van der Waals surface area contributed by atoms with Crippen LogP contribution in [0.2, 0.25) is 0 Å². The Balaban J connectivity index is 5.37. The van der Waals surface area contributed by atoms with Gasteiger partial charge in [0.15, 0.2) is 0 Å². The molecular weight excluding hydrogens is 427 g/mol. The van der Waals surface area contributed by atoms with Crippen LogP contribution in [-0.4, -0.2) is 5.29 Å². The van der Waals surface area contributed by atoms with Crippen LogP contribution in [0.5, 0.6) is 0 Å². The summed E-state index contributed by atoms with van der Waals surface area (Å²) in [6.45, 7) is 25.8. The number of allylic oxidation sites excluding steroid dienone is 12. The van der Waals surface area contributed by atoms with Crippen molar-refractivity contribution < 1.29 is 0 Å². The van der Waals surface area contributed by atoms with Crippen molar-refractivity contribution in [3.05, 3.63) is 97.0 Å². The lowest BCUT2D eigenvalue weighted by Gasteiger charge is -2.29. The standard InChI is InChI=1S/C33H47P/c1-11-14-15-16-21-31(23-22-27(4)5)24-30(8)32(34-13-3)26-33(9,10)25-29(7)20-17-19-28(6)18-12-2/h1,12-13,15-19,21-23,27,29H,2-3,8,14,20,24-26H2,4-7,9-10H3/b16-15-,19-17-,23-22-,28-18-,31-21-. The quantitative estimate of drug-likeness (QED) is 0.119. The van der Waals surface area contributed by atoms with Gasteiger partial charge in [-0.25, -0.2) is 0 Å². The largest absolute Gasteiger partial charge is 0.120 e. The Bertz CT molecular complexity index is 872. The van der Waals surface area contributed by atoms with Gasteiger partial charge in [0, 0.05) is 6.42 Å². The second kappa shape index (κ2) is 18.0. The Morgan fingerprint density at radius 1 is 1.09 bits per heavy atom. The van der Waals surface area contributed by atoms with E-state index in [9.17, 15) is 0 Å². The van der Waals surface area contributed by atoms with E-state index in [1.54, 1.807) is 0 Å². The lowest BCUT2D eigenvalue weighted by Crippen LogP contribution is -2.20. The van der Waals surface area contributed by atoms with E-state index in [0.717, 1.165) is 33.9 Å². The highest BCUT2D eigenvalue weighted by Crippen LogP contribution is 2.35. The van der Waals surface area contributed by atoms with Crippen LogP contribution in [0.4, 0.5) is 0 Å². The molecule has 0 aromatic carbocycles. The van der Waals surface area contributed by atoms with Gasteiger partial charge in [-0.2, -0.15) is 0 Å². The summed E-state index contributed by atoms with van der Waals surface area (Å²) in [4.78, 5) is 0. The summed E-state index contributed by atoms with van der Waals surface area (Å²) in [7, 11) is 1.16. The van der Waals surface area contributed by atoms with E-state index < -0.39 is 0 Å². The van der Waals surface area contributed by atoms with Crippen molar-refractivity contribution in [2.24, 2.45) is 17.3 Å². The molecule has 0 heterocycles. The average Bonchev–Trinajstić information content (AvgIpc) is 2.74. The summed E-state index contributed by atoms with van der Waals surface area (Å²) in [6, 6.07) is 0. The molecule has 0 nitrogen and oxygen atoms in total. The maximum absolute atomic E-state index is 5.37. The van der Waals surface area contributed by atoms with Crippen LogP contribution >= 0.6 is 8.20 Å². The van der Waals surface area contributed by atoms with Crippen molar-refractivity contribution in [1.82, 2.24) is 0 Å². The highest BCUT2D eigenvalue weighted by Gasteiger charge is 2.23. The van der Waals surface area contributed by atoms with Gasteiger partial charge in [0.25, 0.3) is 0 Å². The zero-order valence-electron chi connectivity index (χ0n) is 22.6. The highest BCUT2D eigenvalue weighted by atomic mass is 31.1. The van der Waals surface area contributed by atoms with E-state index in [1.807, 2.05) is 24.0 Å². The molecule has 0 aromatic heterocycles. The van der Waals surface area contributed by atoms with Gasteiger partial charge in [-0.15, -0.1) is 12.3 Å². The molecule has 0 aliphatic heterocycles. The highest BCUT2D eigenvalue weighted by molar-refractivity contribution is 7.44. The minimum atomic E-state index is 0.192. The first-order valence-corrected chi connectivity index (χ1v) is 13.3. The lowest BCUT2D eigenvalue weighted by molar-refractivity contribution is 0.289. The van der Waals surface area contributed by atoms with Gasteiger partial charge in [0.1, 0.15) is 0 Å². The zero-order valence-corrected chi connectivity index (χ0v) is 23.5. The fourth-order valence-corrected chi connectivity index (χ4v) is 4.82. The lowest BCUT2D eigenvalue weighted by atomic mass is 9.77. The normalized spacial score (nSPS) is 14.8. The number of hydrogen-bond donors (Lipinski definition) is 0. The van der Waals surface area contributed by atoms with E-state index >= 15 is 0 Å². The summed E-state index contributed by atoms with van der Waals surface area (Å²) in [5, 5.41) is 1.38. The second-order valence-corrected chi connectivity index (χ2v) is 11.3. The fraction of sp³-hybridized carbons (Fsp3) is 0.424. The molecule has 0 fully saturated rings. The molecule has 0 aliphatic carbocycles. The van der Waals surface area contributed by atoms with Crippen LogP contribution in [0, 0.1) is 29.6 Å². The first-order chi connectivity index (χ1) is 16.0. The van der Waals surface area contributed by atoms with Crippen molar-refractivity contribution in [3.8, 4) is 12.3 Å². The Morgan fingerprint density at radius 3 is 2.38 bits per heavy atom. The van der Waals surface area contributed by atoms with Crippen LogP contribution in [-0.2, 0) is 0 Å². The maximum atomic E-state index is 5.37. The SMILES string of the molecule is C#CC\C=C/C=C(/C=C\C(C)C)CC(=C)/C(CC(C)(C)CC(C)C/C=C\C(C)=C/C=C)=P/C=C. The topological polar surface area (TPSA) is 0 Å². The molecule has 0 rings (SSSR count). The van der Waals surface area contributed by atoms with Gasteiger partial charge in [-0.1, -0.05) is 123 Å². The van der Waals surface area contributed by atoms with Crippen molar-refractivity contribution in [1.29, 1.82) is 0 Å². The molecule has 1 unspecified atom stereocenters. The minimum Gasteiger partial charge on any atom is -0.120 e. The Labute approximate surface area is 213 Å². The third kappa shape index (κ3) is 16.3. The van der Waals surface area contributed by atoms with Crippen molar-refractivity contribution in [3.63, 3.8) is 0 Å². The Kier molecular flexibility index (Phi) is 16.8. The second-order valence-electron chi connectivity index (χ2n) is 10.2. The molecule has 0 saturated heterocycles. The molecule has 0 aliphatic rings. The Hall–Kier alpha value is -2.35. The molecule has 0 bridgehead atoms. The number of terminal acetylenes is 1. The first-order valence-electron chi connectivity index (χ1n) is 12.3. The van der Waals surface area contributed by atoms with Crippen molar-refractivity contribution in [2.75, 3.05) is 0 Å². The van der Waals surface area contributed by atoms with Crippen LogP contribution in [0.15, 0.2) is 97.0 Å². The van der Waals surface area contributed by atoms with Crippen LogP contribution in [0.3, 0.4) is 0 Å². The predicted octanol–water partition coefficient (Wildman–Crippen LogP) is 10.4. The smallest absolute Gasteiger partial charge is 0.0270 e.